The summed E-state index contributed by atoms with van der Waals surface area (Å²) in [6.45, 7) is 4.40. The van der Waals surface area contributed by atoms with Crippen molar-refractivity contribution in [2.45, 2.75) is 56.5 Å². The SMILES string of the molecule is CCNC(=NCc1ccccc1S(=O)(=O)N1CCCCC1)NC1CC1. The number of nitrogens with one attached hydrogen (secondary N) is 2. The summed E-state index contributed by atoms with van der Waals surface area (Å²) in [6, 6.07) is 7.74. The van der Waals surface area contributed by atoms with E-state index in [1.54, 1.807) is 16.4 Å². The Labute approximate surface area is 150 Å². The van der Waals surface area contributed by atoms with Crippen LogP contribution in [0.25, 0.3) is 0 Å². The first-order chi connectivity index (χ1) is 12.1. The fraction of sp³-hybridized carbons (Fsp3) is 0.611. The number of piperidine rings is 1. The molecule has 0 amide bonds. The number of aliphatic imine (C=N–C) groups is 1. The van der Waals surface area contributed by atoms with Crippen LogP contribution in [0.4, 0.5) is 0 Å². The van der Waals surface area contributed by atoms with Gasteiger partial charge in [0.15, 0.2) is 5.96 Å². The first-order valence-electron chi connectivity index (χ1n) is 9.24. The fourth-order valence-electron chi connectivity index (χ4n) is 3.04. The van der Waals surface area contributed by atoms with Gasteiger partial charge in [0, 0.05) is 25.7 Å². The molecule has 0 radical (unpaired) electrons. The number of hydrogen-bond donors (Lipinski definition) is 2. The molecule has 1 heterocycles. The van der Waals surface area contributed by atoms with E-state index in [1.807, 2.05) is 19.1 Å². The Balaban J connectivity index is 1.79. The van der Waals surface area contributed by atoms with Gasteiger partial charge in [0.2, 0.25) is 10.0 Å². The van der Waals surface area contributed by atoms with Crippen molar-refractivity contribution in [1.29, 1.82) is 0 Å². The molecule has 0 atom stereocenters. The van der Waals surface area contributed by atoms with E-state index >= 15 is 0 Å². The first-order valence-corrected chi connectivity index (χ1v) is 10.7. The maximum Gasteiger partial charge on any atom is 0.243 e. The van der Waals surface area contributed by atoms with Gasteiger partial charge in [-0.05, 0) is 44.2 Å². The average Bonchev–Trinajstić information content (AvgIpc) is 3.45. The first kappa shape index (κ1) is 18.2. The summed E-state index contributed by atoms with van der Waals surface area (Å²) >= 11 is 0. The van der Waals surface area contributed by atoms with E-state index in [1.165, 1.54) is 12.8 Å². The monoisotopic (exact) mass is 364 g/mol. The quantitative estimate of drug-likeness (QED) is 0.599. The van der Waals surface area contributed by atoms with Crippen LogP contribution in [-0.2, 0) is 16.6 Å². The molecule has 7 heteroatoms. The predicted octanol–water partition coefficient (Wildman–Crippen LogP) is 2.08. The van der Waals surface area contributed by atoms with E-state index in [2.05, 4.69) is 15.6 Å². The molecule has 1 aliphatic carbocycles. The lowest BCUT2D eigenvalue weighted by Crippen LogP contribution is -2.38. The van der Waals surface area contributed by atoms with Crippen molar-refractivity contribution in [2.75, 3.05) is 19.6 Å². The Morgan fingerprint density at radius 3 is 2.60 bits per heavy atom. The summed E-state index contributed by atoms with van der Waals surface area (Å²) < 4.78 is 27.6. The molecule has 0 spiro atoms. The summed E-state index contributed by atoms with van der Waals surface area (Å²) in [5, 5.41) is 6.59. The van der Waals surface area contributed by atoms with Crippen LogP contribution in [0.2, 0.25) is 0 Å². The van der Waals surface area contributed by atoms with Crippen LogP contribution in [0, 0.1) is 0 Å². The van der Waals surface area contributed by atoms with E-state index < -0.39 is 10.0 Å². The van der Waals surface area contributed by atoms with Crippen molar-refractivity contribution in [3.8, 4) is 0 Å². The van der Waals surface area contributed by atoms with Gasteiger partial charge in [-0.25, -0.2) is 13.4 Å². The maximum atomic E-state index is 13.0. The average molecular weight is 365 g/mol. The van der Waals surface area contributed by atoms with E-state index in [4.69, 9.17) is 0 Å². The molecular formula is C18H28N4O2S. The summed E-state index contributed by atoms with van der Waals surface area (Å²) in [5.74, 6) is 0.759. The third kappa shape index (κ3) is 4.73. The molecule has 1 aliphatic heterocycles. The predicted molar refractivity (Wildman–Crippen MR) is 100 cm³/mol. The summed E-state index contributed by atoms with van der Waals surface area (Å²) in [4.78, 5) is 4.99. The summed E-state index contributed by atoms with van der Waals surface area (Å²) in [6.07, 6.45) is 5.33. The molecule has 1 saturated heterocycles. The Morgan fingerprint density at radius 2 is 1.92 bits per heavy atom. The number of hydrogen-bond acceptors (Lipinski definition) is 3. The van der Waals surface area contributed by atoms with Gasteiger partial charge in [-0.1, -0.05) is 24.6 Å². The smallest absolute Gasteiger partial charge is 0.243 e. The van der Waals surface area contributed by atoms with E-state index in [9.17, 15) is 8.42 Å². The Hall–Kier alpha value is -1.60. The number of guanidine groups is 1. The zero-order chi connectivity index (χ0) is 17.7. The molecule has 2 aliphatic rings. The lowest BCUT2D eigenvalue weighted by atomic mass is 10.2. The van der Waals surface area contributed by atoms with Crippen molar-refractivity contribution in [3.05, 3.63) is 29.8 Å². The lowest BCUT2D eigenvalue weighted by molar-refractivity contribution is 0.346. The Kier molecular flexibility index (Phi) is 5.96. The zero-order valence-electron chi connectivity index (χ0n) is 14.9. The highest BCUT2D eigenvalue weighted by atomic mass is 32.2. The third-order valence-electron chi connectivity index (χ3n) is 4.58. The molecule has 6 nitrogen and oxygen atoms in total. The van der Waals surface area contributed by atoms with E-state index in [-0.39, 0.29) is 0 Å². The second-order valence-electron chi connectivity index (χ2n) is 6.69. The highest BCUT2D eigenvalue weighted by Gasteiger charge is 2.28. The molecule has 138 valence electrons. The standard InChI is InChI=1S/C18H28N4O2S/c1-2-19-18(21-16-10-11-16)20-14-15-8-4-5-9-17(15)25(23,24)22-12-6-3-7-13-22/h4-5,8-9,16H,2-3,6-7,10-14H2,1H3,(H2,19,20,21). The van der Waals surface area contributed by atoms with Crippen molar-refractivity contribution < 1.29 is 8.42 Å². The fourth-order valence-corrected chi connectivity index (χ4v) is 4.77. The topological polar surface area (TPSA) is 73.8 Å². The minimum atomic E-state index is -3.44. The van der Waals surface area contributed by atoms with Crippen LogP contribution in [0.5, 0.6) is 0 Å². The molecule has 1 aromatic carbocycles. The molecule has 25 heavy (non-hydrogen) atoms. The summed E-state index contributed by atoms with van der Waals surface area (Å²) in [5.41, 5.74) is 0.751. The van der Waals surface area contributed by atoms with Crippen molar-refractivity contribution in [3.63, 3.8) is 0 Å². The Bertz CT molecular complexity index is 708. The van der Waals surface area contributed by atoms with E-state index in [0.29, 0.717) is 30.6 Å². The van der Waals surface area contributed by atoms with Crippen LogP contribution in [0.15, 0.2) is 34.2 Å². The van der Waals surface area contributed by atoms with Crippen LogP contribution in [-0.4, -0.2) is 44.4 Å². The van der Waals surface area contributed by atoms with Gasteiger partial charge in [-0.2, -0.15) is 4.31 Å². The zero-order valence-corrected chi connectivity index (χ0v) is 15.7. The van der Waals surface area contributed by atoms with Gasteiger partial charge in [0.1, 0.15) is 0 Å². The molecule has 1 aromatic rings. The molecule has 3 rings (SSSR count). The van der Waals surface area contributed by atoms with Gasteiger partial charge < -0.3 is 10.6 Å². The second kappa shape index (κ2) is 8.19. The molecule has 0 bridgehead atoms. The second-order valence-corrected chi connectivity index (χ2v) is 8.59. The van der Waals surface area contributed by atoms with Crippen molar-refractivity contribution in [1.82, 2.24) is 14.9 Å². The van der Waals surface area contributed by atoms with Gasteiger partial charge in [-0.15, -0.1) is 0 Å². The van der Waals surface area contributed by atoms with E-state index in [0.717, 1.165) is 37.3 Å². The molecule has 2 N–H and O–H groups in total. The lowest BCUT2D eigenvalue weighted by Gasteiger charge is -2.26. The number of sulfonamides is 1. The van der Waals surface area contributed by atoms with Gasteiger partial charge >= 0.3 is 0 Å². The largest absolute Gasteiger partial charge is 0.357 e. The molecule has 0 unspecified atom stereocenters. The van der Waals surface area contributed by atoms with Crippen LogP contribution in [0.1, 0.15) is 44.6 Å². The maximum absolute atomic E-state index is 13.0. The third-order valence-corrected chi connectivity index (χ3v) is 6.57. The minimum Gasteiger partial charge on any atom is -0.357 e. The van der Waals surface area contributed by atoms with Crippen LogP contribution >= 0.6 is 0 Å². The minimum absolute atomic E-state index is 0.352. The highest BCUT2D eigenvalue weighted by molar-refractivity contribution is 7.89. The Morgan fingerprint density at radius 1 is 1.20 bits per heavy atom. The molecule has 2 fully saturated rings. The molecule has 1 saturated carbocycles. The molecule has 0 aromatic heterocycles. The summed E-state index contributed by atoms with van der Waals surface area (Å²) in [7, 11) is -3.44. The highest BCUT2D eigenvalue weighted by Crippen LogP contribution is 2.24. The van der Waals surface area contributed by atoms with Crippen molar-refractivity contribution >= 4 is 16.0 Å². The van der Waals surface area contributed by atoms with Gasteiger partial charge in [0.05, 0.1) is 11.4 Å². The van der Waals surface area contributed by atoms with Gasteiger partial charge in [0.25, 0.3) is 0 Å². The van der Waals surface area contributed by atoms with Crippen LogP contribution < -0.4 is 10.6 Å². The number of nitrogens with zero attached hydrogens (tertiary/aromatic N) is 2. The van der Waals surface area contributed by atoms with Crippen molar-refractivity contribution in [2.24, 2.45) is 4.99 Å². The number of rotatable bonds is 6. The normalized spacial score (nSPS) is 19.6. The van der Waals surface area contributed by atoms with Crippen LogP contribution in [0.3, 0.4) is 0 Å². The molecular weight excluding hydrogens is 336 g/mol. The number of benzene rings is 1. The van der Waals surface area contributed by atoms with Gasteiger partial charge in [-0.3, -0.25) is 0 Å².